The van der Waals surface area contributed by atoms with Gasteiger partial charge in [-0.1, -0.05) is 58.8 Å². The van der Waals surface area contributed by atoms with Crippen molar-refractivity contribution in [2.24, 2.45) is 17.3 Å². The van der Waals surface area contributed by atoms with Crippen LogP contribution in [0.5, 0.6) is 0 Å². The Morgan fingerprint density at radius 1 is 1.10 bits per heavy atom. The van der Waals surface area contributed by atoms with E-state index in [4.69, 9.17) is 23.2 Å². The summed E-state index contributed by atoms with van der Waals surface area (Å²) in [5.74, 6) is 0. The number of thiazole rings is 1. The summed E-state index contributed by atoms with van der Waals surface area (Å²) in [4.78, 5) is 0.825. The molecule has 1 heterocycles. The Morgan fingerprint density at radius 3 is 2.71 bits per heavy atom. The van der Waals surface area contributed by atoms with E-state index in [1.165, 1.54) is 4.70 Å². The lowest BCUT2D eigenvalue weighted by Gasteiger charge is -1.97. The van der Waals surface area contributed by atoms with Crippen LogP contribution in [-0.4, -0.2) is 10.8 Å². The molecule has 3 nitrogen and oxygen atoms in total. The second-order valence-electron chi connectivity index (χ2n) is 4.40. The number of nitrogens with zero attached hydrogens (tertiary/aromatic N) is 3. The number of fused-ring (bicyclic) bond motifs is 1. The van der Waals surface area contributed by atoms with Crippen molar-refractivity contribution in [3.8, 4) is 0 Å². The van der Waals surface area contributed by atoms with Crippen LogP contribution in [0.4, 0.5) is 0 Å². The van der Waals surface area contributed by atoms with Gasteiger partial charge < -0.3 is 4.57 Å². The minimum atomic E-state index is 0.485. The molecular weight excluding hydrogens is 325 g/mol. The first-order valence-corrected chi connectivity index (χ1v) is 7.79. The third kappa shape index (κ3) is 2.88. The van der Waals surface area contributed by atoms with Gasteiger partial charge >= 0.3 is 0 Å². The van der Waals surface area contributed by atoms with Crippen LogP contribution in [0.1, 0.15) is 5.56 Å². The van der Waals surface area contributed by atoms with E-state index in [2.05, 4.69) is 22.3 Å². The molecule has 0 fully saturated rings. The molecule has 0 N–H and O–H groups in total. The molecule has 3 aromatic rings. The number of halogens is 2. The number of rotatable bonds is 2. The average molecular weight is 336 g/mol. The van der Waals surface area contributed by atoms with Gasteiger partial charge in [-0.15, -0.1) is 5.10 Å². The van der Waals surface area contributed by atoms with Gasteiger partial charge in [-0.25, -0.2) is 0 Å². The summed E-state index contributed by atoms with van der Waals surface area (Å²) in [6, 6.07) is 13.6. The minimum Gasteiger partial charge on any atom is -0.318 e. The smallest absolute Gasteiger partial charge is 0.211 e. The normalized spacial score (nSPS) is 12.6. The monoisotopic (exact) mass is 335 g/mol. The van der Waals surface area contributed by atoms with E-state index >= 15 is 0 Å². The number of hydrogen-bond donors (Lipinski definition) is 0. The van der Waals surface area contributed by atoms with Crippen LogP contribution in [0.25, 0.3) is 10.2 Å². The highest BCUT2D eigenvalue weighted by atomic mass is 35.5. The minimum absolute atomic E-state index is 0.485. The van der Waals surface area contributed by atoms with Gasteiger partial charge in [0.05, 0.1) is 26.5 Å². The summed E-state index contributed by atoms with van der Waals surface area (Å²) in [5, 5.41) is 9.37. The summed E-state index contributed by atoms with van der Waals surface area (Å²) < 4.78 is 3.19. The molecule has 21 heavy (non-hydrogen) atoms. The largest absolute Gasteiger partial charge is 0.318 e. The lowest BCUT2D eigenvalue weighted by molar-refractivity contribution is 0.889. The van der Waals surface area contributed by atoms with Gasteiger partial charge in [0.15, 0.2) is 0 Å². The maximum Gasteiger partial charge on any atom is 0.211 e. The highest BCUT2D eigenvalue weighted by Crippen LogP contribution is 2.24. The molecule has 0 radical (unpaired) electrons. The van der Waals surface area contributed by atoms with Crippen LogP contribution < -0.4 is 4.80 Å². The van der Waals surface area contributed by atoms with Crippen molar-refractivity contribution in [1.29, 1.82) is 0 Å². The Balaban J connectivity index is 1.99. The number of para-hydroxylation sites is 1. The Bertz CT molecular complexity index is 893. The van der Waals surface area contributed by atoms with Gasteiger partial charge in [0.2, 0.25) is 4.80 Å². The maximum absolute atomic E-state index is 6.10. The zero-order valence-corrected chi connectivity index (χ0v) is 13.5. The van der Waals surface area contributed by atoms with E-state index in [1.54, 1.807) is 23.6 Å². The topological polar surface area (TPSA) is 29.6 Å². The summed E-state index contributed by atoms with van der Waals surface area (Å²) in [5.41, 5.74) is 1.88. The van der Waals surface area contributed by atoms with E-state index in [0.717, 1.165) is 15.9 Å². The predicted octanol–water partition coefficient (Wildman–Crippen LogP) is 4.48. The molecule has 0 aliphatic heterocycles. The van der Waals surface area contributed by atoms with Crippen molar-refractivity contribution in [3.05, 3.63) is 62.9 Å². The fraction of sp³-hybridized carbons (Fsp3) is 0.0667. The SMILES string of the molecule is Cn1/c(=N/N=C/c2cccc(Cl)c2Cl)sc2ccccc21. The molecule has 0 aliphatic rings. The Hall–Kier alpha value is -1.62. The highest BCUT2D eigenvalue weighted by Gasteiger charge is 2.02. The van der Waals surface area contributed by atoms with Crippen molar-refractivity contribution in [1.82, 2.24) is 4.57 Å². The molecular formula is C15H11Cl2N3S. The molecule has 0 aliphatic carbocycles. The van der Waals surface area contributed by atoms with Gasteiger partial charge in [0, 0.05) is 12.6 Å². The Morgan fingerprint density at radius 2 is 1.90 bits per heavy atom. The molecule has 0 amide bonds. The molecule has 1 aromatic heterocycles. The van der Waals surface area contributed by atoms with Gasteiger partial charge in [-0.2, -0.15) is 5.10 Å². The van der Waals surface area contributed by atoms with Gasteiger partial charge in [-0.05, 0) is 18.2 Å². The third-order valence-corrected chi connectivity index (χ3v) is 4.97. The second kappa shape index (κ2) is 6.02. The van der Waals surface area contributed by atoms with Crippen molar-refractivity contribution in [3.63, 3.8) is 0 Å². The molecule has 0 saturated heterocycles. The van der Waals surface area contributed by atoms with Crippen LogP contribution >= 0.6 is 34.5 Å². The molecule has 0 unspecified atom stereocenters. The van der Waals surface area contributed by atoms with Crippen LogP contribution in [0.3, 0.4) is 0 Å². The van der Waals surface area contributed by atoms with E-state index in [1.807, 2.05) is 35.9 Å². The third-order valence-electron chi connectivity index (χ3n) is 3.04. The second-order valence-corrected chi connectivity index (χ2v) is 6.19. The van der Waals surface area contributed by atoms with Crippen molar-refractivity contribution < 1.29 is 0 Å². The highest BCUT2D eigenvalue weighted by molar-refractivity contribution is 7.16. The first-order chi connectivity index (χ1) is 10.2. The van der Waals surface area contributed by atoms with Crippen molar-refractivity contribution in [2.75, 3.05) is 0 Å². The standard InChI is InChI=1S/C15H11Cl2N3S/c1-20-12-7-2-3-8-13(12)21-15(20)19-18-9-10-5-4-6-11(16)14(10)17/h2-9H,1H3/b18-9+,19-15-. The first-order valence-electron chi connectivity index (χ1n) is 6.22. The number of benzene rings is 2. The molecule has 0 atom stereocenters. The fourth-order valence-electron chi connectivity index (χ4n) is 1.94. The Kier molecular flexibility index (Phi) is 4.10. The molecule has 106 valence electrons. The average Bonchev–Trinajstić information content (AvgIpc) is 2.81. The van der Waals surface area contributed by atoms with Gasteiger partial charge in [0.25, 0.3) is 0 Å². The lowest BCUT2D eigenvalue weighted by atomic mass is 10.2. The summed E-state index contributed by atoms with van der Waals surface area (Å²) in [6.45, 7) is 0. The molecule has 0 spiro atoms. The van der Waals surface area contributed by atoms with Gasteiger partial charge in [-0.3, -0.25) is 0 Å². The Labute approximate surface area is 135 Å². The number of aromatic nitrogens is 1. The van der Waals surface area contributed by atoms with Crippen LogP contribution in [0.2, 0.25) is 10.0 Å². The maximum atomic E-state index is 6.10. The van der Waals surface area contributed by atoms with E-state index in [0.29, 0.717) is 10.0 Å². The summed E-state index contributed by atoms with van der Waals surface area (Å²) in [6.07, 6.45) is 1.61. The fourth-order valence-corrected chi connectivity index (χ4v) is 3.27. The van der Waals surface area contributed by atoms with Gasteiger partial charge in [0.1, 0.15) is 0 Å². The van der Waals surface area contributed by atoms with Crippen LogP contribution in [0, 0.1) is 0 Å². The molecule has 6 heteroatoms. The molecule has 0 saturated carbocycles. The molecule has 2 aromatic carbocycles. The van der Waals surface area contributed by atoms with E-state index in [-0.39, 0.29) is 0 Å². The van der Waals surface area contributed by atoms with E-state index < -0.39 is 0 Å². The zero-order chi connectivity index (χ0) is 14.8. The van der Waals surface area contributed by atoms with Crippen molar-refractivity contribution >= 4 is 51.0 Å². The van der Waals surface area contributed by atoms with Crippen LogP contribution in [-0.2, 0) is 7.05 Å². The quantitative estimate of drug-likeness (QED) is 0.488. The van der Waals surface area contributed by atoms with E-state index in [9.17, 15) is 0 Å². The molecule has 0 bridgehead atoms. The first kappa shape index (κ1) is 14.3. The predicted molar refractivity (Wildman–Crippen MR) is 90.4 cm³/mol. The summed E-state index contributed by atoms with van der Waals surface area (Å²) in [7, 11) is 1.97. The van der Waals surface area contributed by atoms with Crippen LogP contribution in [0.15, 0.2) is 52.7 Å². The molecule has 3 rings (SSSR count). The van der Waals surface area contributed by atoms with Crippen molar-refractivity contribution in [2.45, 2.75) is 0 Å². The lowest BCUT2D eigenvalue weighted by Crippen LogP contribution is -2.08. The zero-order valence-electron chi connectivity index (χ0n) is 11.1. The number of aryl methyl sites for hydroxylation is 1. The summed E-state index contributed by atoms with van der Waals surface area (Å²) >= 11 is 13.7. The number of hydrogen-bond acceptors (Lipinski definition) is 3.